The summed E-state index contributed by atoms with van der Waals surface area (Å²) in [6, 6.07) is 5.60. The van der Waals surface area contributed by atoms with Crippen molar-refractivity contribution in [2.24, 2.45) is 0 Å². The lowest BCUT2D eigenvalue weighted by molar-refractivity contribution is -0.129. The molecule has 20 heavy (non-hydrogen) atoms. The van der Waals surface area contributed by atoms with Crippen molar-refractivity contribution >= 4 is 17.5 Å². The summed E-state index contributed by atoms with van der Waals surface area (Å²) < 4.78 is 0. The molecule has 0 atom stereocenters. The molecule has 0 bridgehead atoms. The standard InChI is InChI=1S/C15H21N3O2/c1-3-18(4-2)14(19)10-17-15(20)12-5-6-13-11(9-12)7-8-16-13/h5-6,9,16H,3-4,7-8,10H2,1-2H3,(H,17,20). The highest BCUT2D eigenvalue weighted by Gasteiger charge is 2.15. The Hall–Kier alpha value is -2.04. The van der Waals surface area contributed by atoms with Crippen LogP contribution in [0.2, 0.25) is 0 Å². The Balaban J connectivity index is 1.94. The van der Waals surface area contributed by atoms with Crippen LogP contribution in [0.5, 0.6) is 0 Å². The van der Waals surface area contributed by atoms with E-state index < -0.39 is 0 Å². The van der Waals surface area contributed by atoms with Crippen molar-refractivity contribution in [3.05, 3.63) is 29.3 Å². The number of carbonyl (C=O) groups excluding carboxylic acids is 2. The molecule has 1 aliphatic rings. The molecule has 108 valence electrons. The molecule has 5 heteroatoms. The topological polar surface area (TPSA) is 61.4 Å². The molecular weight excluding hydrogens is 254 g/mol. The van der Waals surface area contributed by atoms with Gasteiger partial charge in [-0.2, -0.15) is 0 Å². The van der Waals surface area contributed by atoms with Crippen LogP contribution in [0.3, 0.4) is 0 Å². The van der Waals surface area contributed by atoms with E-state index in [1.54, 1.807) is 11.0 Å². The van der Waals surface area contributed by atoms with Gasteiger partial charge in [0.1, 0.15) is 0 Å². The summed E-state index contributed by atoms with van der Waals surface area (Å²) in [5, 5.41) is 5.94. The molecule has 1 aliphatic heterocycles. The molecule has 0 radical (unpaired) electrons. The third-order valence-corrected chi connectivity index (χ3v) is 3.59. The number of hydrogen-bond donors (Lipinski definition) is 2. The summed E-state index contributed by atoms with van der Waals surface area (Å²) >= 11 is 0. The first-order valence-corrected chi connectivity index (χ1v) is 7.08. The number of fused-ring (bicyclic) bond motifs is 1. The lowest BCUT2D eigenvalue weighted by Crippen LogP contribution is -2.40. The van der Waals surface area contributed by atoms with Gasteiger partial charge in [0.25, 0.3) is 5.91 Å². The average Bonchev–Trinajstić information content (AvgIpc) is 2.93. The van der Waals surface area contributed by atoms with Crippen LogP contribution in [0, 0.1) is 0 Å². The Morgan fingerprint density at radius 3 is 2.75 bits per heavy atom. The molecule has 2 N–H and O–H groups in total. The molecule has 1 heterocycles. The van der Waals surface area contributed by atoms with E-state index in [0.717, 1.165) is 24.2 Å². The predicted molar refractivity (Wildman–Crippen MR) is 78.9 cm³/mol. The number of rotatable bonds is 5. The van der Waals surface area contributed by atoms with Crippen LogP contribution >= 0.6 is 0 Å². The van der Waals surface area contributed by atoms with Crippen molar-refractivity contribution in [3.63, 3.8) is 0 Å². The first-order chi connectivity index (χ1) is 9.65. The molecule has 0 saturated heterocycles. The third-order valence-electron chi connectivity index (χ3n) is 3.59. The van der Waals surface area contributed by atoms with Gasteiger partial charge >= 0.3 is 0 Å². The Labute approximate surface area is 119 Å². The van der Waals surface area contributed by atoms with Crippen LogP contribution in [0.15, 0.2) is 18.2 Å². The number of nitrogens with one attached hydrogen (secondary N) is 2. The summed E-state index contributed by atoms with van der Waals surface area (Å²) in [7, 11) is 0. The normalized spacial score (nSPS) is 12.5. The smallest absolute Gasteiger partial charge is 0.251 e. The van der Waals surface area contributed by atoms with E-state index >= 15 is 0 Å². The maximum absolute atomic E-state index is 12.0. The summed E-state index contributed by atoms with van der Waals surface area (Å²) in [4.78, 5) is 25.6. The molecule has 0 fully saturated rings. The highest BCUT2D eigenvalue weighted by Crippen LogP contribution is 2.22. The molecule has 2 amide bonds. The van der Waals surface area contributed by atoms with Gasteiger partial charge in [0.15, 0.2) is 0 Å². The number of benzene rings is 1. The molecule has 5 nitrogen and oxygen atoms in total. The fourth-order valence-corrected chi connectivity index (χ4v) is 2.39. The minimum absolute atomic E-state index is 0.0498. The van der Waals surface area contributed by atoms with Crippen molar-refractivity contribution in [2.75, 3.05) is 31.5 Å². The summed E-state index contributed by atoms with van der Waals surface area (Å²) in [5.74, 6) is -0.244. The second kappa shape index (κ2) is 6.41. The monoisotopic (exact) mass is 275 g/mol. The Morgan fingerprint density at radius 1 is 1.30 bits per heavy atom. The molecular formula is C15H21N3O2. The van der Waals surface area contributed by atoms with E-state index in [1.807, 2.05) is 26.0 Å². The van der Waals surface area contributed by atoms with E-state index in [2.05, 4.69) is 10.6 Å². The third kappa shape index (κ3) is 3.10. The van der Waals surface area contributed by atoms with Gasteiger partial charge in [-0.05, 0) is 44.0 Å². The van der Waals surface area contributed by atoms with Crippen LogP contribution < -0.4 is 10.6 Å². The molecule has 0 aliphatic carbocycles. The number of anilines is 1. The van der Waals surface area contributed by atoms with Crippen LogP contribution in [-0.2, 0) is 11.2 Å². The molecule has 0 aromatic heterocycles. The van der Waals surface area contributed by atoms with E-state index in [1.165, 1.54) is 0 Å². The zero-order chi connectivity index (χ0) is 14.5. The Morgan fingerprint density at radius 2 is 2.05 bits per heavy atom. The minimum Gasteiger partial charge on any atom is -0.384 e. The van der Waals surface area contributed by atoms with Crippen molar-refractivity contribution in [3.8, 4) is 0 Å². The fourth-order valence-electron chi connectivity index (χ4n) is 2.39. The maximum atomic E-state index is 12.0. The van der Waals surface area contributed by atoms with Crippen LogP contribution in [0.1, 0.15) is 29.8 Å². The zero-order valence-corrected chi connectivity index (χ0v) is 12.0. The van der Waals surface area contributed by atoms with Crippen LogP contribution in [0.25, 0.3) is 0 Å². The van der Waals surface area contributed by atoms with Gasteiger partial charge < -0.3 is 15.5 Å². The van der Waals surface area contributed by atoms with Gasteiger partial charge in [0.2, 0.25) is 5.91 Å². The number of hydrogen-bond acceptors (Lipinski definition) is 3. The predicted octanol–water partition coefficient (Wildman–Crippen LogP) is 1.25. The number of nitrogens with zero attached hydrogens (tertiary/aromatic N) is 1. The largest absolute Gasteiger partial charge is 0.384 e. The van der Waals surface area contributed by atoms with E-state index in [0.29, 0.717) is 18.7 Å². The second-order valence-electron chi connectivity index (χ2n) is 4.80. The summed E-state index contributed by atoms with van der Waals surface area (Å²) in [6.45, 7) is 6.15. The lowest BCUT2D eigenvalue weighted by Gasteiger charge is -2.18. The number of amides is 2. The molecule has 1 aromatic rings. The molecule has 0 saturated carbocycles. The lowest BCUT2D eigenvalue weighted by atomic mass is 10.1. The van der Waals surface area contributed by atoms with Crippen molar-refractivity contribution in [1.29, 1.82) is 0 Å². The highest BCUT2D eigenvalue weighted by molar-refractivity contribution is 5.97. The number of likely N-dealkylation sites (N-methyl/N-ethyl adjacent to an activating group) is 1. The van der Waals surface area contributed by atoms with E-state index in [4.69, 9.17) is 0 Å². The Bertz CT molecular complexity index is 510. The maximum Gasteiger partial charge on any atom is 0.251 e. The quantitative estimate of drug-likeness (QED) is 0.850. The van der Waals surface area contributed by atoms with Gasteiger partial charge in [-0.15, -0.1) is 0 Å². The summed E-state index contributed by atoms with van der Waals surface area (Å²) in [5.41, 5.74) is 2.87. The van der Waals surface area contributed by atoms with Gasteiger partial charge in [0.05, 0.1) is 6.54 Å². The van der Waals surface area contributed by atoms with Crippen LogP contribution in [0.4, 0.5) is 5.69 Å². The Kier molecular flexibility index (Phi) is 4.61. The molecule has 1 aromatic carbocycles. The molecule has 0 spiro atoms. The number of carbonyl (C=O) groups is 2. The van der Waals surface area contributed by atoms with E-state index in [-0.39, 0.29) is 18.4 Å². The fraction of sp³-hybridized carbons (Fsp3) is 0.467. The van der Waals surface area contributed by atoms with Crippen LogP contribution in [-0.4, -0.2) is 42.9 Å². The van der Waals surface area contributed by atoms with Gasteiger partial charge in [-0.25, -0.2) is 0 Å². The van der Waals surface area contributed by atoms with E-state index in [9.17, 15) is 9.59 Å². The van der Waals surface area contributed by atoms with Crippen molar-refractivity contribution in [1.82, 2.24) is 10.2 Å². The molecule has 0 unspecified atom stereocenters. The van der Waals surface area contributed by atoms with Gasteiger partial charge in [-0.1, -0.05) is 0 Å². The average molecular weight is 275 g/mol. The van der Waals surface area contributed by atoms with Crippen molar-refractivity contribution < 1.29 is 9.59 Å². The minimum atomic E-state index is -0.194. The zero-order valence-electron chi connectivity index (χ0n) is 12.0. The molecule has 2 rings (SSSR count). The summed E-state index contributed by atoms with van der Waals surface area (Å²) in [6.07, 6.45) is 0.939. The SMILES string of the molecule is CCN(CC)C(=O)CNC(=O)c1ccc2c(c1)CCN2. The highest BCUT2D eigenvalue weighted by atomic mass is 16.2. The first-order valence-electron chi connectivity index (χ1n) is 7.08. The van der Waals surface area contributed by atoms with Crippen molar-refractivity contribution in [2.45, 2.75) is 20.3 Å². The van der Waals surface area contributed by atoms with Gasteiger partial charge in [0, 0.05) is 30.9 Å². The van der Waals surface area contributed by atoms with Gasteiger partial charge in [-0.3, -0.25) is 9.59 Å². The second-order valence-corrected chi connectivity index (χ2v) is 4.80. The first kappa shape index (κ1) is 14.4.